The molecule has 16 heavy (non-hydrogen) atoms. The maximum atomic E-state index is 11.1. The van der Waals surface area contributed by atoms with Crippen LogP contribution in [0, 0.1) is 11.3 Å². The Hall–Kier alpha value is -1.03. The Bertz CT molecular complexity index is 348. The number of aliphatic carboxylic acids is 1. The molecule has 1 fully saturated rings. The van der Waals surface area contributed by atoms with Gasteiger partial charge in [0.25, 0.3) is 0 Å². The predicted molar refractivity (Wildman–Crippen MR) is 59.3 cm³/mol. The number of ether oxygens (including phenoxy) is 1. The number of carboxylic acids is 1. The third-order valence-electron chi connectivity index (χ3n) is 3.08. The van der Waals surface area contributed by atoms with E-state index in [1.54, 1.807) is 20.8 Å². The first-order valence-corrected chi connectivity index (χ1v) is 5.43. The second-order valence-corrected chi connectivity index (χ2v) is 4.92. The van der Waals surface area contributed by atoms with E-state index in [0.29, 0.717) is 6.61 Å². The van der Waals surface area contributed by atoms with E-state index in [-0.39, 0.29) is 5.92 Å². The zero-order valence-corrected chi connectivity index (χ0v) is 10.2. The van der Waals surface area contributed by atoms with Crippen molar-refractivity contribution in [2.75, 3.05) is 6.61 Å². The fourth-order valence-electron chi connectivity index (χ4n) is 1.90. The van der Waals surface area contributed by atoms with Crippen LogP contribution in [0.4, 0.5) is 0 Å². The Balaban J connectivity index is 2.72. The summed E-state index contributed by atoms with van der Waals surface area (Å²) in [5, 5.41) is 9.01. The van der Waals surface area contributed by atoms with Crippen molar-refractivity contribution in [3.8, 4) is 0 Å². The maximum Gasteiger partial charge on any atom is 0.330 e. The van der Waals surface area contributed by atoms with Crippen LogP contribution in [0.1, 0.15) is 20.8 Å². The lowest BCUT2D eigenvalue weighted by Gasteiger charge is -2.03. The van der Waals surface area contributed by atoms with Crippen LogP contribution in [0.3, 0.4) is 0 Å². The number of rotatable bonds is 4. The van der Waals surface area contributed by atoms with E-state index in [2.05, 4.69) is 0 Å². The molecule has 0 amide bonds. The number of alkyl halides is 1. The molecule has 2 unspecified atom stereocenters. The largest absolute Gasteiger partial charge is 0.480 e. The van der Waals surface area contributed by atoms with Crippen molar-refractivity contribution in [1.29, 1.82) is 0 Å². The van der Waals surface area contributed by atoms with Crippen molar-refractivity contribution in [2.24, 2.45) is 11.3 Å². The first kappa shape index (κ1) is 13.0. The molecule has 1 saturated carbocycles. The van der Waals surface area contributed by atoms with Crippen molar-refractivity contribution in [2.45, 2.75) is 25.6 Å². The Labute approximate surface area is 99.2 Å². The van der Waals surface area contributed by atoms with Gasteiger partial charge < -0.3 is 9.84 Å². The van der Waals surface area contributed by atoms with Gasteiger partial charge in [-0.15, -0.1) is 11.6 Å². The third-order valence-corrected chi connectivity index (χ3v) is 3.97. The molecule has 1 N–H and O–H groups in total. The van der Waals surface area contributed by atoms with Crippen molar-refractivity contribution in [3.05, 3.63) is 12.2 Å². The molecule has 0 saturated heterocycles. The molecule has 2 atom stereocenters. The Morgan fingerprint density at radius 3 is 2.44 bits per heavy atom. The minimum absolute atomic E-state index is 0.294. The molecule has 1 aliphatic carbocycles. The summed E-state index contributed by atoms with van der Waals surface area (Å²) in [6.07, 6.45) is 2.75. The van der Waals surface area contributed by atoms with E-state index < -0.39 is 22.2 Å². The van der Waals surface area contributed by atoms with Crippen molar-refractivity contribution in [1.82, 2.24) is 0 Å². The lowest BCUT2D eigenvalue weighted by molar-refractivity contribution is -0.139. The summed E-state index contributed by atoms with van der Waals surface area (Å²) < 4.78 is 4.70. The molecule has 0 aromatic carbocycles. The topological polar surface area (TPSA) is 63.6 Å². The quantitative estimate of drug-likeness (QED) is 0.467. The average Bonchev–Trinajstić information content (AvgIpc) is 2.60. The Kier molecular flexibility index (Phi) is 3.33. The zero-order chi connectivity index (χ0) is 12.6. The highest BCUT2D eigenvalue weighted by Gasteiger charge is 2.74. The highest BCUT2D eigenvalue weighted by atomic mass is 35.5. The number of carboxylic acid groups (broad SMARTS) is 1. The summed E-state index contributed by atoms with van der Waals surface area (Å²) in [6.45, 7) is 5.51. The summed E-state index contributed by atoms with van der Waals surface area (Å²) >= 11 is 5.99. The second kappa shape index (κ2) is 4.09. The monoisotopic (exact) mass is 246 g/mol. The standard InChI is InChI=1S/C11H15ClO4/c1-4-16-8(13)6-5-7-10(2,3)11(7,12)9(14)15/h5-7H,4H2,1-3H3,(H,14,15). The fourth-order valence-corrected chi connectivity index (χ4v) is 2.30. The van der Waals surface area contributed by atoms with E-state index in [9.17, 15) is 9.59 Å². The molecule has 0 radical (unpaired) electrons. The average molecular weight is 247 g/mol. The number of hydrogen-bond acceptors (Lipinski definition) is 3. The molecule has 4 nitrogen and oxygen atoms in total. The number of halogens is 1. The van der Waals surface area contributed by atoms with E-state index in [1.807, 2.05) is 0 Å². The van der Waals surface area contributed by atoms with Crippen molar-refractivity contribution >= 4 is 23.5 Å². The predicted octanol–water partition coefficient (Wildman–Crippen LogP) is 1.82. The summed E-state index contributed by atoms with van der Waals surface area (Å²) in [5.41, 5.74) is -0.552. The molecular weight excluding hydrogens is 232 g/mol. The van der Waals surface area contributed by atoms with Crippen LogP contribution in [0.2, 0.25) is 0 Å². The number of esters is 1. The minimum Gasteiger partial charge on any atom is -0.480 e. The number of carbonyl (C=O) groups excluding carboxylic acids is 1. The van der Waals surface area contributed by atoms with Gasteiger partial charge in [0, 0.05) is 17.4 Å². The van der Waals surface area contributed by atoms with Gasteiger partial charge in [-0.3, -0.25) is 4.79 Å². The minimum atomic E-state index is -1.31. The van der Waals surface area contributed by atoms with Crippen molar-refractivity contribution in [3.63, 3.8) is 0 Å². The SMILES string of the molecule is CCOC(=O)C=CC1C(C)(C)C1(Cl)C(=O)O. The molecule has 90 valence electrons. The lowest BCUT2D eigenvalue weighted by atomic mass is 10.1. The lowest BCUT2D eigenvalue weighted by Crippen LogP contribution is -2.21. The summed E-state index contributed by atoms with van der Waals surface area (Å²) in [4.78, 5) is 20.8. The van der Waals surface area contributed by atoms with Gasteiger partial charge in [-0.05, 0) is 6.92 Å². The normalized spacial score (nSPS) is 31.4. The van der Waals surface area contributed by atoms with E-state index in [4.69, 9.17) is 21.4 Å². The van der Waals surface area contributed by atoms with Gasteiger partial charge in [-0.25, -0.2) is 4.79 Å². The number of carbonyl (C=O) groups is 2. The molecular formula is C11H15ClO4. The molecule has 0 heterocycles. The Morgan fingerprint density at radius 2 is 2.06 bits per heavy atom. The first-order valence-electron chi connectivity index (χ1n) is 5.05. The van der Waals surface area contributed by atoms with Crippen LogP contribution in [0.5, 0.6) is 0 Å². The smallest absolute Gasteiger partial charge is 0.330 e. The van der Waals surface area contributed by atoms with Gasteiger partial charge in [0.1, 0.15) is 0 Å². The molecule has 5 heteroatoms. The van der Waals surface area contributed by atoms with Crippen molar-refractivity contribution < 1.29 is 19.4 Å². The summed E-state index contributed by atoms with van der Waals surface area (Å²) in [7, 11) is 0. The molecule has 1 rings (SSSR count). The van der Waals surface area contributed by atoms with Gasteiger partial charge in [0.15, 0.2) is 4.87 Å². The molecule has 0 spiro atoms. The summed E-state index contributed by atoms with van der Waals surface area (Å²) in [5.74, 6) is -1.89. The van der Waals surface area contributed by atoms with Crippen LogP contribution in [0.25, 0.3) is 0 Å². The second-order valence-electron chi connectivity index (χ2n) is 4.33. The van der Waals surface area contributed by atoms with E-state index in [0.717, 1.165) is 0 Å². The van der Waals surface area contributed by atoms with E-state index in [1.165, 1.54) is 12.2 Å². The molecule has 1 aliphatic rings. The molecule has 0 aliphatic heterocycles. The highest BCUT2D eigenvalue weighted by molar-refractivity contribution is 6.37. The van der Waals surface area contributed by atoms with Gasteiger partial charge in [-0.2, -0.15) is 0 Å². The molecule has 0 bridgehead atoms. The Morgan fingerprint density at radius 1 is 1.50 bits per heavy atom. The fraction of sp³-hybridized carbons (Fsp3) is 0.636. The van der Waals surface area contributed by atoms with Crippen LogP contribution in [-0.2, 0) is 14.3 Å². The van der Waals surface area contributed by atoms with Gasteiger partial charge >= 0.3 is 11.9 Å². The maximum absolute atomic E-state index is 11.1. The van der Waals surface area contributed by atoms with Crippen LogP contribution < -0.4 is 0 Å². The first-order chi connectivity index (χ1) is 7.28. The highest BCUT2D eigenvalue weighted by Crippen LogP contribution is 2.66. The van der Waals surface area contributed by atoms with Crippen LogP contribution >= 0.6 is 11.6 Å². The van der Waals surface area contributed by atoms with E-state index >= 15 is 0 Å². The van der Waals surface area contributed by atoms with Crippen LogP contribution in [0.15, 0.2) is 12.2 Å². The number of allylic oxidation sites excluding steroid dienone is 1. The van der Waals surface area contributed by atoms with Gasteiger partial charge in [0.05, 0.1) is 6.61 Å². The number of hydrogen-bond donors (Lipinski definition) is 1. The summed E-state index contributed by atoms with van der Waals surface area (Å²) in [6, 6.07) is 0. The van der Waals surface area contributed by atoms with Crippen LogP contribution in [-0.4, -0.2) is 28.5 Å². The molecule has 0 aromatic heterocycles. The van der Waals surface area contributed by atoms with Gasteiger partial charge in [-0.1, -0.05) is 19.9 Å². The van der Waals surface area contributed by atoms with Gasteiger partial charge in [0.2, 0.25) is 0 Å². The molecule has 0 aromatic rings. The zero-order valence-electron chi connectivity index (χ0n) is 9.49. The third kappa shape index (κ3) is 1.82.